The second kappa shape index (κ2) is 2.98. The Balaban J connectivity index is 2.30. The zero-order valence-electron chi connectivity index (χ0n) is 8.13. The summed E-state index contributed by atoms with van der Waals surface area (Å²) in [5.74, 6) is 0.0289. The van der Waals surface area contributed by atoms with E-state index in [1.807, 2.05) is 47.8 Å². The second-order valence-corrected chi connectivity index (χ2v) is 3.59. The third-order valence-corrected chi connectivity index (χ3v) is 2.62. The molecule has 74 valence electrons. The molecule has 3 rings (SSSR count). The molecule has 0 N–H and O–H groups in total. The van der Waals surface area contributed by atoms with Gasteiger partial charge in [0.2, 0.25) is 0 Å². The average Bonchev–Trinajstić information content (AvgIpc) is 2.64. The van der Waals surface area contributed by atoms with Crippen molar-refractivity contribution in [3.8, 4) is 0 Å². The highest BCUT2D eigenvalue weighted by Crippen LogP contribution is 2.09. The van der Waals surface area contributed by atoms with E-state index in [0.29, 0.717) is 6.54 Å². The van der Waals surface area contributed by atoms with Gasteiger partial charge in [0.15, 0.2) is 0 Å². The quantitative estimate of drug-likeness (QED) is 0.576. The molecule has 0 bridgehead atoms. The van der Waals surface area contributed by atoms with Crippen LogP contribution in [-0.2, 0) is 4.79 Å². The van der Waals surface area contributed by atoms with Crippen LogP contribution in [-0.4, -0.2) is 22.5 Å². The Labute approximate surface area is 87.2 Å². The molecule has 1 aromatic rings. The zero-order valence-corrected chi connectivity index (χ0v) is 8.13. The van der Waals surface area contributed by atoms with Crippen molar-refractivity contribution in [1.82, 2.24) is 10.0 Å². The van der Waals surface area contributed by atoms with Gasteiger partial charge in [0.05, 0.1) is 6.54 Å². The molecular formula is C12H10N2O. The number of carbonyl (C=O) groups excluding carboxylic acids is 1. The van der Waals surface area contributed by atoms with E-state index < -0.39 is 0 Å². The molecule has 0 aromatic heterocycles. The van der Waals surface area contributed by atoms with Crippen molar-refractivity contribution in [2.75, 3.05) is 6.54 Å². The van der Waals surface area contributed by atoms with Crippen molar-refractivity contribution in [3.05, 3.63) is 47.0 Å². The van der Waals surface area contributed by atoms with Gasteiger partial charge in [-0.1, -0.05) is 24.3 Å². The molecule has 0 atom stereocenters. The summed E-state index contributed by atoms with van der Waals surface area (Å²) in [5, 5.41) is 5.58. The maximum Gasteiger partial charge on any atom is 0.266 e. The standard InChI is InChI=1S/C12H10N2O/c15-12-8-10-4-1-2-5-11(10)9-13-6-3-7-14(12)13/h1-6,8-9H,7H2. The summed E-state index contributed by atoms with van der Waals surface area (Å²) in [5.41, 5.74) is 0. The fourth-order valence-electron chi connectivity index (χ4n) is 1.86. The van der Waals surface area contributed by atoms with Gasteiger partial charge >= 0.3 is 0 Å². The van der Waals surface area contributed by atoms with Crippen LogP contribution in [0.1, 0.15) is 0 Å². The normalized spacial score (nSPS) is 17.7. The van der Waals surface area contributed by atoms with E-state index in [1.165, 1.54) is 0 Å². The molecule has 3 nitrogen and oxygen atoms in total. The lowest BCUT2D eigenvalue weighted by Crippen LogP contribution is -2.35. The van der Waals surface area contributed by atoms with E-state index in [0.717, 1.165) is 10.4 Å². The van der Waals surface area contributed by atoms with Gasteiger partial charge in [-0.2, -0.15) is 0 Å². The summed E-state index contributed by atoms with van der Waals surface area (Å²) >= 11 is 0. The Morgan fingerprint density at radius 2 is 1.93 bits per heavy atom. The van der Waals surface area contributed by atoms with Crippen LogP contribution in [0.5, 0.6) is 0 Å². The van der Waals surface area contributed by atoms with Crippen LogP contribution in [0.25, 0.3) is 12.3 Å². The van der Waals surface area contributed by atoms with Gasteiger partial charge in [-0.25, -0.2) is 5.01 Å². The second-order valence-electron chi connectivity index (χ2n) is 3.59. The molecule has 2 aliphatic rings. The molecule has 2 heterocycles. The first kappa shape index (κ1) is 8.29. The molecular weight excluding hydrogens is 188 g/mol. The predicted molar refractivity (Wildman–Crippen MR) is 57.3 cm³/mol. The molecule has 3 heteroatoms. The first-order valence-electron chi connectivity index (χ1n) is 4.90. The molecule has 0 fully saturated rings. The van der Waals surface area contributed by atoms with Gasteiger partial charge in [-0.05, 0) is 11.3 Å². The third kappa shape index (κ3) is 1.24. The van der Waals surface area contributed by atoms with Crippen LogP contribution in [0.2, 0.25) is 0 Å². The van der Waals surface area contributed by atoms with Gasteiger partial charge in [-0.15, -0.1) is 0 Å². The summed E-state index contributed by atoms with van der Waals surface area (Å²) in [4.78, 5) is 11.8. The van der Waals surface area contributed by atoms with E-state index in [2.05, 4.69) is 0 Å². The van der Waals surface area contributed by atoms with Crippen LogP contribution in [0.15, 0.2) is 36.5 Å². The van der Waals surface area contributed by atoms with Gasteiger partial charge in [0.1, 0.15) is 0 Å². The molecule has 0 radical (unpaired) electrons. The van der Waals surface area contributed by atoms with Crippen molar-refractivity contribution in [2.24, 2.45) is 0 Å². The summed E-state index contributed by atoms with van der Waals surface area (Å²) in [7, 11) is 0. The number of amides is 1. The smallest absolute Gasteiger partial charge is 0.266 e. The van der Waals surface area contributed by atoms with Gasteiger partial charge in [0, 0.05) is 23.7 Å². The number of hydrogen-bond acceptors (Lipinski definition) is 2. The maximum atomic E-state index is 11.8. The maximum absolute atomic E-state index is 11.8. The molecule has 0 aliphatic carbocycles. The minimum atomic E-state index is 0.0289. The topological polar surface area (TPSA) is 23.6 Å². The summed E-state index contributed by atoms with van der Waals surface area (Å²) in [6.45, 7) is 0.653. The number of hydrogen-bond donors (Lipinski definition) is 0. The summed E-state index contributed by atoms with van der Waals surface area (Å²) in [6.07, 6.45) is 7.53. The molecule has 1 aromatic carbocycles. The highest BCUT2D eigenvalue weighted by atomic mass is 16.2. The average molecular weight is 198 g/mol. The minimum absolute atomic E-state index is 0.0289. The first-order valence-corrected chi connectivity index (χ1v) is 4.90. The number of hydrazine groups is 1. The number of rotatable bonds is 0. The van der Waals surface area contributed by atoms with Crippen LogP contribution >= 0.6 is 0 Å². The van der Waals surface area contributed by atoms with Crippen molar-refractivity contribution >= 4 is 18.2 Å². The monoisotopic (exact) mass is 198 g/mol. The Hall–Kier alpha value is -2.03. The minimum Gasteiger partial charge on any atom is -0.268 e. The van der Waals surface area contributed by atoms with Gasteiger partial charge in [-0.3, -0.25) is 9.80 Å². The van der Waals surface area contributed by atoms with Crippen LogP contribution in [0.4, 0.5) is 0 Å². The number of carbonyl (C=O) groups is 1. The van der Waals surface area contributed by atoms with E-state index in [1.54, 1.807) is 11.1 Å². The van der Waals surface area contributed by atoms with Crippen LogP contribution < -0.4 is 10.4 Å². The predicted octanol–water partition coefficient (Wildman–Crippen LogP) is -0.208. The Morgan fingerprint density at radius 1 is 1.13 bits per heavy atom. The Morgan fingerprint density at radius 3 is 2.80 bits per heavy atom. The Bertz CT molecular complexity index is 559. The molecule has 0 unspecified atom stereocenters. The summed E-state index contributed by atoms with van der Waals surface area (Å²) in [6, 6.07) is 7.88. The molecule has 15 heavy (non-hydrogen) atoms. The lowest BCUT2D eigenvalue weighted by Gasteiger charge is -2.23. The largest absolute Gasteiger partial charge is 0.268 e. The number of nitrogens with zero attached hydrogens (tertiary/aromatic N) is 2. The van der Waals surface area contributed by atoms with E-state index in [4.69, 9.17) is 0 Å². The van der Waals surface area contributed by atoms with Gasteiger partial charge in [0.25, 0.3) is 5.91 Å². The van der Waals surface area contributed by atoms with Crippen LogP contribution in [0.3, 0.4) is 0 Å². The third-order valence-electron chi connectivity index (χ3n) is 2.62. The number of benzene rings is 1. The number of fused-ring (bicyclic) bond motifs is 2. The highest BCUT2D eigenvalue weighted by Gasteiger charge is 2.19. The van der Waals surface area contributed by atoms with E-state index in [-0.39, 0.29) is 5.91 Å². The van der Waals surface area contributed by atoms with Crippen molar-refractivity contribution in [2.45, 2.75) is 0 Å². The van der Waals surface area contributed by atoms with Crippen molar-refractivity contribution < 1.29 is 4.79 Å². The lowest BCUT2D eigenvalue weighted by molar-refractivity contribution is -0.130. The molecule has 1 amide bonds. The van der Waals surface area contributed by atoms with Crippen molar-refractivity contribution in [3.63, 3.8) is 0 Å². The lowest BCUT2D eigenvalue weighted by atomic mass is 10.2. The van der Waals surface area contributed by atoms with Crippen molar-refractivity contribution in [1.29, 1.82) is 0 Å². The summed E-state index contributed by atoms with van der Waals surface area (Å²) < 4.78 is 0. The molecule has 0 spiro atoms. The highest BCUT2D eigenvalue weighted by molar-refractivity contribution is 6.04. The van der Waals surface area contributed by atoms with Gasteiger partial charge < -0.3 is 0 Å². The fraction of sp³-hybridized carbons (Fsp3) is 0.0833. The molecule has 2 aliphatic heterocycles. The van der Waals surface area contributed by atoms with E-state index >= 15 is 0 Å². The molecule has 0 saturated carbocycles. The van der Waals surface area contributed by atoms with E-state index in [9.17, 15) is 4.79 Å². The fourth-order valence-corrected chi connectivity index (χ4v) is 1.86. The first-order chi connectivity index (χ1) is 7.34. The Kier molecular flexibility index (Phi) is 1.65. The SMILES string of the molecule is O=C1C=c2ccccc2=CN2C=CCN12. The zero-order chi connectivity index (χ0) is 10.3. The van der Waals surface area contributed by atoms with Crippen LogP contribution in [0, 0.1) is 0 Å². The molecule has 0 saturated heterocycles.